The molecule has 0 radical (unpaired) electrons. The number of hydrogen-bond acceptors (Lipinski definition) is 9. The predicted octanol–water partition coefficient (Wildman–Crippen LogP) is 3.01. The molecule has 40 heavy (non-hydrogen) atoms. The van der Waals surface area contributed by atoms with E-state index in [1.54, 1.807) is 24.3 Å². The number of anilines is 1. The third-order valence-corrected chi connectivity index (χ3v) is 8.87. The van der Waals surface area contributed by atoms with Crippen molar-refractivity contribution in [1.82, 2.24) is 10.9 Å². The number of nitrogens with one attached hydrogen (secondary N) is 2. The van der Waals surface area contributed by atoms with Gasteiger partial charge in [0.25, 0.3) is 0 Å². The highest BCUT2D eigenvalue weighted by Crippen LogP contribution is 2.50. The number of aliphatic hydroxyl groups is 3. The Hall–Kier alpha value is -1.83. The fraction of sp³-hybridized carbons (Fsp3) is 0.500. The van der Waals surface area contributed by atoms with Crippen LogP contribution < -0.4 is 27.5 Å². The van der Waals surface area contributed by atoms with E-state index in [9.17, 15) is 15.3 Å². The average molecular weight is 599 g/mol. The Bertz CT molecular complexity index is 1190. The third-order valence-electron chi connectivity index (χ3n) is 8.33. The van der Waals surface area contributed by atoms with Gasteiger partial charge in [-0.3, -0.25) is 0 Å². The summed E-state index contributed by atoms with van der Waals surface area (Å²) in [5.74, 6) is 4.47. The Morgan fingerprint density at radius 1 is 1.23 bits per heavy atom. The molecule has 0 saturated carbocycles. The van der Waals surface area contributed by atoms with E-state index in [1.165, 1.54) is 11.1 Å². The van der Waals surface area contributed by atoms with Crippen molar-refractivity contribution in [2.45, 2.75) is 55.7 Å². The third kappa shape index (κ3) is 6.32. The summed E-state index contributed by atoms with van der Waals surface area (Å²) in [5, 5.41) is 35.3. The average Bonchev–Trinajstić information content (AvgIpc) is 3.26. The number of benzene rings is 2. The second-order valence-corrected chi connectivity index (χ2v) is 11.6. The molecule has 0 amide bonds. The molecule has 1 heterocycles. The van der Waals surface area contributed by atoms with Gasteiger partial charge in [0.2, 0.25) is 0 Å². The first-order chi connectivity index (χ1) is 19.2. The molecule has 9 N–H and O–H groups in total. The van der Waals surface area contributed by atoms with Crippen LogP contribution in [0.1, 0.15) is 49.1 Å². The van der Waals surface area contributed by atoms with E-state index >= 15 is 4.39 Å². The van der Waals surface area contributed by atoms with E-state index in [0.717, 1.165) is 12.8 Å². The van der Waals surface area contributed by atoms with Gasteiger partial charge in [-0.05, 0) is 61.3 Å². The van der Waals surface area contributed by atoms with Crippen molar-refractivity contribution in [2.24, 2.45) is 17.0 Å². The van der Waals surface area contributed by atoms with Crippen LogP contribution in [-0.4, -0.2) is 53.8 Å². The van der Waals surface area contributed by atoms with Crippen molar-refractivity contribution in [2.75, 3.05) is 31.4 Å². The number of rotatable bonds is 12. The van der Waals surface area contributed by atoms with Gasteiger partial charge in [-0.2, -0.15) is 4.94 Å². The van der Waals surface area contributed by atoms with Gasteiger partial charge in [-0.15, -0.1) is 5.59 Å². The molecular formula is C28H38Cl2FN5O4. The molecule has 2 aromatic rings. The number of halogens is 3. The van der Waals surface area contributed by atoms with Crippen LogP contribution in [0.4, 0.5) is 10.1 Å². The molecule has 220 valence electrons. The summed E-state index contributed by atoms with van der Waals surface area (Å²) in [4.78, 5) is 5.49. The number of allylic oxidation sites excluding steroid dienone is 2. The van der Waals surface area contributed by atoms with E-state index in [1.807, 2.05) is 6.07 Å². The SMILES string of the molecule is NNON(CCC(O)CO)c1c(Cl)cccc1C1CNC(CC2(CO)CC=CCC2)[C@]1(N)c1ccc(Cl)cc1F. The standard InChI is InChI=1S/C28H38Cl2FN5O4/c29-18-7-8-21(24(31)13-18)28(32)22(15-34-25(28)14-27(17-38)10-2-1-3-11-27)20-5-4-6-23(30)26(20)36(40-35-33)12-9-19(39)16-37/h1-2,4-8,13,19,22,25,34-35,37-39H,3,9-12,14-17,32-33H2/t19?,22?,25?,27?,28-/m0/s1. The van der Waals surface area contributed by atoms with Gasteiger partial charge in [0, 0.05) is 35.7 Å². The van der Waals surface area contributed by atoms with Crippen molar-refractivity contribution in [3.63, 3.8) is 0 Å². The van der Waals surface area contributed by atoms with Crippen LogP contribution in [0.25, 0.3) is 0 Å². The molecule has 2 aromatic carbocycles. The summed E-state index contributed by atoms with van der Waals surface area (Å²) in [6, 6.07) is 9.41. The van der Waals surface area contributed by atoms with Crippen LogP contribution in [0.15, 0.2) is 48.6 Å². The minimum absolute atomic E-state index is 0.0151. The molecule has 12 heteroatoms. The molecule has 0 spiro atoms. The molecule has 4 unspecified atom stereocenters. The normalized spacial score (nSPS) is 27.2. The minimum Gasteiger partial charge on any atom is -0.396 e. The van der Waals surface area contributed by atoms with E-state index in [-0.39, 0.29) is 24.6 Å². The molecule has 1 fully saturated rings. The van der Waals surface area contributed by atoms with Gasteiger partial charge in [0.15, 0.2) is 0 Å². The number of nitrogens with two attached hydrogens (primary N) is 2. The second-order valence-electron chi connectivity index (χ2n) is 10.8. The maximum Gasteiger partial charge on any atom is 0.129 e. The molecule has 0 aromatic heterocycles. The van der Waals surface area contributed by atoms with Crippen LogP contribution >= 0.6 is 23.2 Å². The number of aliphatic hydroxyl groups excluding tert-OH is 3. The number of nitrogens with zero attached hydrogens (tertiary/aromatic N) is 1. The highest BCUT2D eigenvalue weighted by atomic mass is 35.5. The smallest absolute Gasteiger partial charge is 0.129 e. The number of para-hydroxylation sites is 1. The van der Waals surface area contributed by atoms with Crippen molar-refractivity contribution >= 4 is 28.9 Å². The van der Waals surface area contributed by atoms with Crippen LogP contribution in [0.5, 0.6) is 0 Å². The first-order valence-corrected chi connectivity index (χ1v) is 14.2. The molecule has 1 saturated heterocycles. The predicted molar refractivity (Wildman–Crippen MR) is 154 cm³/mol. The van der Waals surface area contributed by atoms with Crippen LogP contribution in [0.2, 0.25) is 10.0 Å². The molecule has 0 bridgehead atoms. The Balaban J connectivity index is 1.82. The highest BCUT2D eigenvalue weighted by molar-refractivity contribution is 6.33. The zero-order valence-corrected chi connectivity index (χ0v) is 23.7. The number of hydrogen-bond donors (Lipinski definition) is 7. The Kier molecular flexibility index (Phi) is 10.4. The Labute approximate surface area is 243 Å². The second kappa shape index (κ2) is 13.4. The van der Waals surface area contributed by atoms with Crippen molar-refractivity contribution in [1.29, 1.82) is 0 Å². The molecule has 5 atom stereocenters. The lowest BCUT2D eigenvalue weighted by Gasteiger charge is -2.43. The van der Waals surface area contributed by atoms with Gasteiger partial charge in [-0.1, -0.05) is 53.6 Å². The summed E-state index contributed by atoms with van der Waals surface area (Å²) in [6.45, 7) is 0.0754. The molecule has 2 aliphatic rings. The van der Waals surface area contributed by atoms with Crippen molar-refractivity contribution in [3.8, 4) is 0 Å². The quantitative estimate of drug-likeness (QED) is 0.111. The first-order valence-electron chi connectivity index (χ1n) is 13.4. The van der Waals surface area contributed by atoms with Crippen LogP contribution in [0.3, 0.4) is 0 Å². The maximum atomic E-state index is 15.7. The van der Waals surface area contributed by atoms with Gasteiger partial charge in [0.05, 0.1) is 35.5 Å². The number of hydroxylamine groups is 1. The topological polar surface area (TPSA) is 149 Å². The summed E-state index contributed by atoms with van der Waals surface area (Å²) < 4.78 is 15.7. The molecule has 9 nitrogen and oxygen atoms in total. The molecule has 1 aliphatic carbocycles. The zero-order chi connectivity index (χ0) is 28.9. The van der Waals surface area contributed by atoms with E-state index in [0.29, 0.717) is 41.2 Å². The monoisotopic (exact) mass is 597 g/mol. The summed E-state index contributed by atoms with van der Waals surface area (Å²) in [5.41, 5.74) is 9.27. The lowest BCUT2D eigenvalue weighted by Crippen LogP contribution is -2.53. The Morgan fingerprint density at radius 2 is 2.02 bits per heavy atom. The van der Waals surface area contributed by atoms with E-state index in [4.69, 9.17) is 39.7 Å². The fourth-order valence-electron chi connectivity index (χ4n) is 6.14. The van der Waals surface area contributed by atoms with Crippen molar-refractivity contribution in [3.05, 3.63) is 75.5 Å². The van der Waals surface area contributed by atoms with Gasteiger partial charge in [-0.25, -0.2) is 15.3 Å². The molecule has 1 aliphatic heterocycles. The summed E-state index contributed by atoms with van der Waals surface area (Å²) in [6.07, 6.45) is 6.22. The van der Waals surface area contributed by atoms with Gasteiger partial charge >= 0.3 is 0 Å². The van der Waals surface area contributed by atoms with E-state index < -0.39 is 41.4 Å². The maximum absolute atomic E-state index is 15.7. The lowest BCUT2D eigenvalue weighted by atomic mass is 9.66. The molecular weight excluding hydrogens is 560 g/mol. The minimum atomic E-state index is -1.27. The largest absolute Gasteiger partial charge is 0.396 e. The number of hydrazine groups is 1. The first kappa shape index (κ1) is 31.1. The van der Waals surface area contributed by atoms with Crippen LogP contribution in [-0.2, 0) is 10.5 Å². The van der Waals surface area contributed by atoms with E-state index in [2.05, 4.69) is 23.1 Å². The summed E-state index contributed by atoms with van der Waals surface area (Å²) in [7, 11) is 0. The van der Waals surface area contributed by atoms with Gasteiger partial charge < -0.3 is 26.4 Å². The Morgan fingerprint density at radius 3 is 2.67 bits per heavy atom. The lowest BCUT2D eigenvalue weighted by molar-refractivity contribution is 0.0101. The van der Waals surface area contributed by atoms with Crippen LogP contribution in [0, 0.1) is 11.2 Å². The van der Waals surface area contributed by atoms with Gasteiger partial charge in [0.1, 0.15) is 5.82 Å². The fourth-order valence-corrected chi connectivity index (χ4v) is 6.57. The zero-order valence-electron chi connectivity index (χ0n) is 22.2. The molecule has 4 rings (SSSR count). The summed E-state index contributed by atoms with van der Waals surface area (Å²) >= 11 is 12.8. The highest BCUT2D eigenvalue weighted by Gasteiger charge is 2.53. The van der Waals surface area contributed by atoms with Crippen molar-refractivity contribution < 1.29 is 24.6 Å².